The Kier molecular flexibility index (Phi) is 5.80. The molecular weight excluding hydrogens is 361 g/mol. The smallest absolute Gasteiger partial charge is 0.406 e. The quantitative estimate of drug-likeness (QED) is 0.635. The number of rotatable bonds is 7. The zero-order valence-electron chi connectivity index (χ0n) is 13.0. The number of carbonyl (C=O) groups is 2. The van der Waals surface area contributed by atoms with Crippen LogP contribution >= 0.6 is 11.3 Å². The van der Waals surface area contributed by atoms with Crippen LogP contribution in [-0.4, -0.2) is 42.2 Å². The maximum atomic E-state index is 12.2. The van der Waals surface area contributed by atoms with E-state index in [1.165, 1.54) is 19.1 Å². The number of amides is 1. The third kappa shape index (κ3) is 5.57. The summed E-state index contributed by atoms with van der Waals surface area (Å²) in [5, 5.41) is 5.69. The first-order chi connectivity index (χ1) is 11.7. The van der Waals surface area contributed by atoms with E-state index in [0.717, 1.165) is 17.4 Å². The summed E-state index contributed by atoms with van der Waals surface area (Å²) in [4.78, 5) is 26.7. The Morgan fingerprint density at radius 3 is 2.80 bits per heavy atom. The normalized spacial score (nSPS) is 14.0. The molecule has 0 aliphatic rings. The topological polar surface area (TPSA) is 106 Å². The number of aldehydes is 1. The van der Waals surface area contributed by atoms with Gasteiger partial charge in [-0.1, -0.05) is 11.3 Å². The standard InChI is InChI=1S/C14H15F3N4O3S/c1-7(18)12(23)20-8(6-22)5-19-13-21-10-3-2-9(4-11(10)25-13)24-14(15,16)17/h2-4,6-8H,5,18H2,1H3,(H,19,21)(H,20,23)/t7-,8+/m1/s1. The molecule has 1 aromatic heterocycles. The number of nitrogens with two attached hydrogens (primary N) is 1. The van der Waals surface area contributed by atoms with Crippen molar-refractivity contribution in [1.82, 2.24) is 10.3 Å². The van der Waals surface area contributed by atoms with Gasteiger partial charge in [-0.25, -0.2) is 4.98 Å². The lowest BCUT2D eigenvalue weighted by molar-refractivity contribution is -0.274. The minimum Gasteiger partial charge on any atom is -0.406 e. The monoisotopic (exact) mass is 376 g/mol. The lowest BCUT2D eigenvalue weighted by atomic mass is 10.2. The van der Waals surface area contributed by atoms with Gasteiger partial charge in [-0.15, -0.1) is 13.2 Å². The minimum atomic E-state index is -4.77. The molecule has 0 saturated carbocycles. The van der Waals surface area contributed by atoms with E-state index in [1.807, 2.05) is 0 Å². The van der Waals surface area contributed by atoms with Crippen molar-refractivity contribution < 1.29 is 27.5 Å². The van der Waals surface area contributed by atoms with Crippen molar-refractivity contribution in [3.8, 4) is 5.75 Å². The van der Waals surface area contributed by atoms with Crippen molar-refractivity contribution in [3.63, 3.8) is 0 Å². The van der Waals surface area contributed by atoms with Crippen LogP contribution in [0.25, 0.3) is 10.2 Å². The van der Waals surface area contributed by atoms with Gasteiger partial charge in [0.2, 0.25) is 5.91 Å². The first-order valence-electron chi connectivity index (χ1n) is 7.09. The molecule has 2 aromatic rings. The molecule has 1 aromatic carbocycles. The third-order valence-corrected chi connectivity index (χ3v) is 3.95. The van der Waals surface area contributed by atoms with E-state index in [1.54, 1.807) is 0 Å². The molecule has 0 aliphatic heterocycles. The van der Waals surface area contributed by atoms with E-state index >= 15 is 0 Å². The lowest BCUT2D eigenvalue weighted by Crippen LogP contribution is -2.47. The molecule has 25 heavy (non-hydrogen) atoms. The van der Waals surface area contributed by atoms with Crippen LogP contribution < -0.4 is 21.1 Å². The number of benzene rings is 1. The van der Waals surface area contributed by atoms with Gasteiger partial charge in [-0.3, -0.25) is 4.79 Å². The molecule has 0 unspecified atom stereocenters. The van der Waals surface area contributed by atoms with Gasteiger partial charge in [-0.2, -0.15) is 0 Å². The van der Waals surface area contributed by atoms with Crippen LogP contribution in [0, 0.1) is 0 Å². The zero-order chi connectivity index (χ0) is 18.6. The SMILES string of the molecule is C[C@@H](N)C(=O)N[C@H](C=O)CNc1nc2ccc(OC(F)(F)F)cc2s1. The fourth-order valence-corrected chi connectivity index (χ4v) is 2.72. The number of hydrogen-bond acceptors (Lipinski definition) is 7. The Balaban J connectivity index is 2.03. The van der Waals surface area contributed by atoms with Gasteiger partial charge in [0.25, 0.3) is 0 Å². The second kappa shape index (κ2) is 7.66. The van der Waals surface area contributed by atoms with Crippen LogP contribution in [0.1, 0.15) is 6.92 Å². The predicted octanol–water partition coefficient (Wildman–Crippen LogP) is 1.64. The molecule has 0 fully saturated rings. The van der Waals surface area contributed by atoms with Crippen LogP contribution in [0.15, 0.2) is 18.2 Å². The summed E-state index contributed by atoms with van der Waals surface area (Å²) < 4.78 is 41.0. The van der Waals surface area contributed by atoms with E-state index in [0.29, 0.717) is 21.6 Å². The van der Waals surface area contributed by atoms with Crippen LogP contribution in [-0.2, 0) is 9.59 Å². The number of anilines is 1. The van der Waals surface area contributed by atoms with Gasteiger partial charge in [0, 0.05) is 12.6 Å². The van der Waals surface area contributed by atoms with Gasteiger partial charge in [0.05, 0.1) is 16.3 Å². The number of alkyl halides is 3. The number of thiazole rings is 1. The number of aromatic nitrogens is 1. The van der Waals surface area contributed by atoms with Crippen molar-refractivity contribution in [3.05, 3.63) is 18.2 Å². The molecule has 0 spiro atoms. The summed E-state index contributed by atoms with van der Waals surface area (Å²) in [5.41, 5.74) is 5.88. The average Bonchev–Trinajstić information content (AvgIpc) is 2.91. The number of halogens is 3. The molecule has 0 saturated heterocycles. The molecule has 7 nitrogen and oxygen atoms in total. The average molecular weight is 376 g/mol. The summed E-state index contributed by atoms with van der Waals surface area (Å²) in [5.74, 6) is -0.817. The molecule has 0 bridgehead atoms. The molecular formula is C14H15F3N4O3S. The second-order valence-corrected chi connectivity index (χ2v) is 6.15. The van der Waals surface area contributed by atoms with Crippen LogP contribution in [0.5, 0.6) is 5.75 Å². The van der Waals surface area contributed by atoms with Crippen LogP contribution in [0.3, 0.4) is 0 Å². The number of nitrogens with zero attached hydrogens (tertiary/aromatic N) is 1. The van der Waals surface area contributed by atoms with Gasteiger partial charge >= 0.3 is 6.36 Å². The summed E-state index contributed by atoms with van der Waals surface area (Å²) in [6.45, 7) is 1.55. The van der Waals surface area contributed by atoms with E-state index < -0.39 is 24.4 Å². The molecule has 1 heterocycles. The van der Waals surface area contributed by atoms with E-state index in [4.69, 9.17) is 5.73 Å². The van der Waals surface area contributed by atoms with Crippen molar-refractivity contribution in [2.24, 2.45) is 5.73 Å². The number of fused-ring (bicyclic) bond motifs is 1. The number of nitrogens with one attached hydrogen (secondary N) is 2. The van der Waals surface area contributed by atoms with Crippen molar-refractivity contribution >= 4 is 38.9 Å². The predicted molar refractivity (Wildman–Crippen MR) is 86.4 cm³/mol. The van der Waals surface area contributed by atoms with Crippen LogP contribution in [0.4, 0.5) is 18.3 Å². The summed E-state index contributed by atoms with van der Waals surface area (Å²) >= 11 is 1.09. The molecule has 1 amide bonds. The highest BCUT2D eigenvalue weighted by molar-refractivity contribution is 7.22. The molecule has 2 atom stereocenters. The maximum absolute atomic E-state index is 12.2. The van der Waals surface area contributed by atoms with Crippen molar-refractivity contribution in [2.75, 3.05) is 11.9 Å². The molecule has 0 radical (unpaired) electrons. The maximum Gasteiger partial charge on any atom is 0.573 e. The molecule has 0 aliphatic carbocycles. The van der Waals surface area contributed by atoms with Crippen LogP contribution in [0.2, 0.25) is 0 Å². The second-order valence-electron chi connectivity index (χ2n) is 5.12. The Bertz CT molecular complexity index is 763. The van der Waals surface area contributed by atoms with Gasteiger partial charge in [0.15, 0.2) is 5.13 Å². The van der Waals surface area contributed by atoms with Gasteiger partial charge in [0.1, 0.15) is 18.1 Å². The van der Waals surface area contributed by atoms with Crippen molar-refractivity contribution in [1.29, 1.82) is 0 Å². The largest absolute Gasteiger partial charge is 0.573 e. The highest BCUT2D eigenvalue weighted by Crippen LogP contribution is 2.31. The summed E-state index contributed by atoms with van der Waals surface area (Å²) in [6, 6.07) is 2.22. The number of hydrogen-bond donors (Lipinski definition) is 3. The summed E-state index contributed by atoms with van der Waals surface area (Å²) in [6.07, 6.45) is -4.22. The Morgan fingerprint density at radius 1 is 1.48 bits per heavy atom. The minimum absolute atomic E-state index is 0.0632. The molecule has 2 rings (SSSR count). The molecule has 11 heteroatoms. The lowest BCUT2D eigenvalue weighted by Gasteiger charge is -2.14. The van der Waals surface area contributed by atoms with Gasteiger partial charge < -0.3 is 25.9 Å². The fourth-order valence-electron chi connectivity index (χ4n) is 1.82. The Morgan fingerprint density at radius 2 is 2.20 bits per heavy atom. The fraction of sp³-hybridized carbons (Fsp3) is 0.357. The Hall–Kier alpha value is -2.40. The zero-order valence-corrected chi connectivity index (χ0v) is 13.8. The van der Waals surface area contributed by atoms with Crippen molar-refractivity contribution in [2.45, 2.75) is 25.4 Å². The Labute approximate surface area is 144 Å². The number of ether oxygens (including phenoxy) is 1. The summed E-state index contributed by atoms with van der Waals surface area (Å²) in [7, 11) is 0. The third-order valence-electron chi connectivity index (χ3n) is 2.97. The highest BCUT2D eigenvalue weighted by Gasteiger charge is 2.31. The van der Waals surface area contributed by atoms with E-state index in [-0.39, 0.29) is 12.3 Å². The molecule has 136 valence electrons. The van der Waals surface area contributed by atoms with E-state index in [9.17, 15) is 22.8 Å². The van der Waals surface area contributed by atoms with E-state index in [2.05, 4.69) is 20.4 Å². The first-order valence-corrected chi connectivity index (χ1v) is 7.91. The number of carbonyl (C=O) groups excluding carboxylic acids is 2. The first kappa shape index (κ1) is 18.9. The highest BCUT2D eigenvalue weighted by atomic mass is 32.1. The molecule has 4 N–H and O–H groups in total. The van der Waals surface area contributed by atoms with Gasteiger partial charge in [-0.05, 0) is 19.1 Å².